The molecule has 0 aromatic carbocycles. The van der Waals surface area contributed by atoms with Gasteiger partial charge in [0.25, 0.3) is 0 Å². The minimum absolute atomic E-state index is 0.580. The molecule has 0 aliphatic heterocycles. The van der Waals surface area contributed by atoms with Gasteiger partial charge in [0, 0.05) is 9.75 Å². The number of aliphatic hydroxyl groups excluding tert-OH is 1. The van der Waals surface area contributed by atoms with E-state index in [0.717, 1.165) is 36.1 Å². The molecule has 0 spiro atoms. The van der Waals surface area contributed by atoms with Gasteiger partial charge in [0.15, 0.2) is 0 Å². The Hall–Kier alpha value is -0.850. The first-order valence-electron chi connectivity index (χ1n) is 7.56. The minimum Gasteiger partial charge on any atom is -0.387 e. The lowest BCUT2D eigenvalue weighted by atomic mass is 9.65. The van der Waals surface area contributed by atoms with Crippen LogP contribution in [0.5, 0.6) is 0 Å². The zero-order valence-electron chi connectivity index (χ0n) is 12.9. The van der Waals surface area contributed by atoms with E-state index in [2.05, 4.69) is 32.9 Å². The Kier molecular flexibility index (Phi) is 4.56. The zero-order valence-corrected chi connectivity index (χ0v) is 13.8. The molecule has 1 N–H and O–H groups in total. The third-order valence-corrected chi connectivity index (χ3v) is 5.97. The molecule has 0 bridgehead atoms. The molecule has 1 aromatic heterocycles. The van der Waals surface area contributed by atoms with Crippen molar-refractivity contribution in [1.82, 2.24) is 0 Å². The van der Waals surface area contributed by atoms with Gasteiger partial charge in [0.2, 0.25) is 0 Å². The second-order valence-corrected chi connectivity index (χ2v) is 8.08. The molecule has 2 nitrogen and oxygen atoms in total. The summed E-state index contributed by atoms with van der Waals surface area (Å²) < 4.78 is 0. The van der Waals surface area contributed by atoms with E-state index in [-0.39, 0.29) is 0 Å². The van der Waals surface area contributed by atoms with Gasteiger partial charge in [-0.05, 0) is 63.0 Å². The summed E-state index contributed by atoms with van der Waals surface area (Å²) in [5, 5.41) is 20.5. The molecule has 0 radical (unpaired) electrons. The van der Waals surface area contributed by atoms with Crippen molar-refractivity contribution in [3.63, 3.8) is 0 Å². The molecule has 0 saturated heterocycles. The zero-order chi connectivity index (χ0) is 14.9. The van der Waals surface area contributed by atoms with Gasteiger partial charge in [-0.3, -0.25) is 0 Å². The molecule has 2 rings (SSSR count). The monoisotopic (exact) mass is 291 g/mol. The summed E-state index contributed by atoms with van der Waals surface area (Å²) in [7, 11) is 0. The van der Waals surface area contributed by atoms with Crippen molar-refractivity contribution < 1.29 is 5.11 Å². The molecule has 1 aliphatic rings. The fraction of sp³-hybridized carbons (Fsp3) is 0.706. The van der Waals surface area contributed by atoms with Gasteiger partial charge in [-0.15, -0.1) is 11.3 Å². The fourth-order valence-corrected chi connectivity index (χ4v) is 4.45. The highest BCUT2D eigenvalue weighted by Crippen LogP contribution is 2.49. The van der Waals surface area contributed by atoms with Crippen molar-refractivity contribution in [2.24, 2.45) is 17.3 Å². The molecule has 1 aromatic rings. The number of nitrogens with zero attached hydrogens (tertiary/aromatic N) is 1. The van der Waals surface area contributed by atoms with Gasteiger partial charge in [0.1, 0.15) is 0 Å². The first-order chi connectivity index (χ1) is 9.39. The van der Waals surface area contributed by atoms with Crippen LogP contribution in [0.3, 0.4) is 0 Å². The number of hydrogen-bond donors (Lipinski definition) is 1. The lowest BCUT2D eigenvalue weighted by Crippen LogP contribution is -2.33. The Labute approximate surface area is 126 Å². The summed E-state index contributed by atoms with van der Waals surface area (Å²) in [5.41, 5.74) is 0.390. The average molecular weight is 291 g/mol. The second-order valence-electron chi connectivity index (χ2n) is 6.62. The Bertz CT molecular complexity index is 504. The van der Waals surface area contributed by atoms with Crippen molar-refractivity contribution in [2.45, 2.75) is 59.5 Å². The highest BCUT2D eigenvalue weighted by Gasteiger charge is 2.43. The Morgan fingerprint density at radius 1 is 1.35 bits per heavy atom. The largest absolute Gasteiger partial charge is 0.387 e. The molecule has 0 amide bonds. The van der Waals surface area contributed by atoms with E-state index in [0.29, 0.717) is 11.8 Å². The van der Waals surface area contributed by atoms with E-state index in [9.17, 15) is 10.4 Å². The van der Waals surface area contributed by atoms with E-state index in [1.54, 1.807) is 11.3 Å². The van der Waals surface area contributed by atoms with Crippen molar-refractivity contribution >= 4 is 11.3 Å². The Balaban J connectivity index is 2.21. The van der Waals surface area contributed by atoms with E-state index >= 15 is 0 Å². The SMILES string of the molecule is Cc1cc(C(O)C2(C#N)CCC(C(C)C)CC2)c(C)s1. The molecule has 20 heavy (non-hydrogen) atoms. The maximum atomic E-state index is 10.8. The van der Waals surface area contributed by atoms with Gasteiger partial charge in [-0.1, -0.05) is 13.8 Å². The van der Waals surface area contributed by atoms with Crippen molar-refractivity contribution in [3.8, 4) is 6.07 Å². The predicted molar refractivity (Wildman–Crippen MR) is 83.6 cm³/mol. The van der Waals surface area contributed by atoms with Gasteiger partial charge in [0.05, 0.1) is 17.6 Å². The molecule has 1 aliphatic carbocycles. The first kappa shape index (κ1) is 15.5. The molecule has 1 atom stereocenters. The Morgan fingerprint density at radius 3 is 2.35 bits per heavy atom. The van der Waals surface area contributed by atoms with Crippen molar-refractivity contribution in [1.29, 1.82) is 5.26 Å². The highest BCUT2D eigenvalue weighted by atomic mass is 32.1. The first-order valence-corrected chi connectivity index (χ1v) is 8.37. The molecule has 1 fully saturated rings. The van der Waals surface area contributed by atoms with Crippen LogP contribution >= 0.6 is 11.3 Å². The molecule has 110 valence electrons. The molecule has 3 heteroatoms. The van der Waals surface area contributed by atoms with Crippen LogP contribution in [0.4, 0.5) is 0 Å². The third kappa shape index (κ3) is 2.77. The number of rotatable bonds is 3. The third-order valence-electron chi connectivity index (χ3n) is 4.99. The summed E-state index contributed by atoms with van der Waals surface area (Å²) in [5.74, 6) is 1.38. The molecular weight excluding hydrogens is 266 g/mol. The second kappa shape index (κ2) is 5.87. The van der Waals surface area contributed by atoms with Gasteiger partial charge < -0.3 is 5.11 Å². The molecule has 1 saturated carbocycles. The number of nitriles is 1. The van der Waals surface area contributed by atoms with Crippen LogP contribution in [0.1, 0.15) is 61.0 Å². The van der Waals surface area contributed by atoms with Crippen molar-refractivity contribution in [2.75, 3.05) is 0 Å². The molecule has 1 heterocycles. The normalized spacial score (nSPS) is 28.4. The summed E-state index contributed by atoms with van der Waals surface area (Å²) in [4.78, 5) is 2.36. The van der Waals surface area contributed by atoms with Crippen LogP contribution < -0.4 is 0 Å². The Morgan fingerprint density at radius 2 is 1.95 bits per heavy atom. The molecule has 1 unspecified atom stereocenters. The van der Waals surface area contributed by atoms with Crippen LogP contribution in [0.2, 0.25) is 0 Å². The molecular formula is C17H25NOS. The smallest absolute Gasteiger partial charge is 0.0987 e. The summed E-state index contributed by atoms with van der Waals surface area (Å²) in [6.07, 6.45) is 3.13. The predicted octanol–water partition coefficient (Wildman–Crippen LogP) is 4.75. The van der Waals surface area contributed by atoms with Crippen LogP contribution in [0, 0.1) is 42.4 Å². The lowest BCUT2D eigenvalue weighted by Gasteiger charge is -2.39. The maximum Gasteiger partial charge on any atom is 0.0987 e. The number of aliphatic hydroxyl groups is 1. The average Bonchev–Trinajstić information content (AvgIpc) is 2.76. The highest BCUT2D eigenvalue weighted by molar-refractivity contribution is 7.12. The van der Waals surface area contributed by atoms with E-state index < -0.39 is 11.5 Å². The maximum absolute atomic E-state index is 10.8. The summed E-state index contributed by atoms with van der Waals surface area (Å²) in [6, 6.07) is 4.52. The fourth-order valence-electron chi connectivity index (χ4n) is 3.49. The van der Waals surface area contributed by atoms with Crippen LogP contribution in [0.25, 0.3) is 0 Å². The summed E-state index contributed by atoms with van der Waals surface area (Å²) >= 11 is 1.71. The van der Waals surface area contributed by atoms with Gasteiger partial charge in [-0.2, -0.15) is 5.26 Å². The van der Waals surface area contributed by atoms with Crippen LogP contribution in [-0.4, -0.2) is 5.11 Å². The summed E-state index contributed by atoms with van der Waals surface area (Å²) in [6.45, 7) is 8.61. The topological polar surface area (TPSA) is 44.0 Å². The van der Waals surface area contributed by atoms with E-state index in [4.69, 9.17) is 0 Å². The van der Waals surface area contributed by atoms with E-state index in [1.165, 1.54) is 4.88 Å². The number of hydrogen-bond acceptors (Lipinski definition) is 3. The lowest BCUT2D eigenvalue weighted by molar-refractivity contribution is 0.0189. The quantitative estimate of drug-likeness (QED) is 0.873. The van der Waals surface area contributed by atoms with Crippen LogP contribution in [-0.2, 0) is 0 Å². The van der Waals surface area contributed by atoms with Gasteiger partial charge >= 0.3 is 0 Å². The minimum atomic E-state index is -0.634. The van der Waals surface area contributed by atoms with E-state index in [1.807, 2.05) is 6.92 Å². The number of thiophene rings is 1. The van der Waals surface area contributed by atoms with Gasteiger partial charge in [-0.25, -0.2) is 0 Å². The standard InChI is InChI=1S/C17H25NOS/c1-11(2)14-5-7-17(10-18,8-6-14)16(19)15-9-12(3)20-13(15)4/h9,11,14,16,19H,5-8H2,1-4H3. The van der Waals surface area contributed by atoms with Crippen molar-refractivity contribution in [3.05, 3.63) is 21.4 Å². The van der Waals surface area contributed by atoms with Crippen LogP contribution in [0.15, 0.2) is 6.07 Å². The number of aryl methyl sites for hydroxylation is 2.